The van der Waals surface area contributed by atoms with Crippen molar-refractivity contribution in [3.05, 3.63) is 35.4 Å². The third-order valence-corrected chi connectivity index (χ3v) is 4.68. The summed E-state index contributed by atoms with van der Waals surface area (Å²) in [5.41, 5.74) is 1.89. The Hall–Kier alpha value is -1.39. The molecule has 0 radical (unpaired) electrons. The predicted octanol–water partition coefficient (Wildman–Crippen LogP) is 2.66. The van der Waals surface area contributed by atoms with Gasteiger partial charge in [-0.2, -0.15) is 0 Å². The molecule has 0 aromatic heterocycles. The molecule has 1 aromatic carbocycles. The zero-order valence-corrected chi connectivity index (χ0v) is 13.3. The fourth-order valence-electron chi connectivity index (χ4n) is 3.35. The summed E-state index contributed by atoms with van der Waals surface area (Å²) in [5, 5.41) is 0. The Morgan fingerprint density at radius 1 is 1.18 bits per heavy atom. The quantitative estimate of drug-likeness (QED) is 0.862. The first kappa shape index (κ1) is 15.5. The molecular weight excluding hydrogens is 278 g/mol. The first-order valence-electron chi connectivity index (χ1n) is 8.32. The zero-order chi connectivity index (χ0) is 15.4. The highest BCUT2D eigenvalue weighted by molar-refractivity contribution is 5.94. The fraction of sp³-hybridized carbons (Fsp3) is 0.611. The van der Waals surface area contributed by atoms with Gasteiger partial charge in [-0.05, 0) is 24.1 Å². The lowest BCUT2D eigenvalue weighted by atomic mass is 9.92. The van der Waals surface area contributed by atoms with Crippen molar-refractivity contribution < 1.29 is 14.3 Å². The van der Waals surface area contributed by atoms with Crippen molar-refractivity contribution in [3.8, 4) is 0 Å². The van der Waals surface area contributed by atoms with Gasteiger partial charge in [0.1, 0.15) is 0 Å². The smallest absolute Gasteiger partial charge is 0.254 e. The van der Waals surface area contributed by atoms with Gasteiger partial charge in [0.05, 0.1) is 18.8 Å². The average molecular weight is 303 g/mol. The van der Waals surface area contributed by atoms with E-state index in [2.05, 4.69) is 19.1 Å². The van der Waals surface area contributed by atoms with Gasteiger partial charge in [-0.25, -0.2) is 0 Å². The highest BCUT2D eigenvalue weighted by atomic mass is 16.5. The van der Waals surface area contributed by atoms with Gasteiger partial charge >= 0.3 is 0 Å². The second kappa shape index (κ2) is 6.80. The minimum Gasteiger partial charge on any atom is -0.381 e. The molecule has 0 atom stereocenters. The lowest BCUT2D eigenvalue weighted by molar-refractivity contribution is -0.146. The Kier molecular flexibility index (Phi) is 4.79. The van der Waals surface area contributed by atoms with Crippen molar-refractivity contribution in [2.45, 2.75) is 38.2 Å². The van der Waals surface area contributed by atoms with E-state index in [-0.39, 0.29) is 11.5 Å². The molecule has 0 unspecified atom stereocenters. The molecule has 0 saturated carbocycles. The molecule has 2 heterocycles. The summed E-state index contributed by atoms with van der Waals surface area (Å²) in [7, 11) is 0. The second-order valence-electron chi connectivity index (χ2n) is 6.32. The monoisotopic (exact) mass is 303 g/mol. The van der Waals surface area contributed by atoms with E-state index in [1.54, 1.807) is 0 Å². The molecule has 0 N–H and O–H groups in total. The largest absolute Gasteiger partial charge is 0.381 e. The Bertz CT molecular complexity index is 500. The van der Waals surface area contributed by atoms with Gasteiger partial charge in [0.25, 0.3) is 5.91 Å². The summed E-state index contributed by atoms with van der Waals surface area (Å²) in [5.74, 6) is 0.122. The number of benzene rings is 1. The van der Waals surface area contributed by atoms with E-state index >= 15 is 0 Å². The summed E-state index contributed by atoms with van der Waals surface area (Å²) in [6.45, 7) is 5.62. The maximum Gasteiger partial charge on any atom is 0.254 e. The van der Waals surface area contributed by atoms with E-state index in [9.17, 15) is 4.79 Å². The van der Waals surface area contributed by atoms with Crippen molar-refractivity contribution in [2.24, 2.45) is 0 Å². The van der Waals surface area contributed by atoms with E-state index in [0.717, 1.165) is 44.5 Å². The number of carbonyl (C=O) groups is 1. The van der Waals surface area contributed by atoms with Gasteiger partial charge in [-0.15, -0.1) is 0 Å². The maximum absolute atomic E-state index is 12.7. The molecular formula is C18H25NO3. The third-order valence-electron chi connectivity index (χ3n) is 4.68. The Labute approximate surface area is 132 Å². The van der Waals surface area contributed by atoms with Crippen LogP contribution in [0.1, 0.15) is 42.1 Å². The molecule has 2 aliphatic rings. The molecule has 2 saturated heterocycles. The van der Waals surface area contributed by atoms with Crippen molar-refractivity contribution in [2.75, 3.05) is 32.9 Å². The maximum atomic E-state index is 12.7. The molecule has 22 heavy (non-hydrogen) atoms. The summed E-state index contributed by atoms with van der Waals surface area (Å²) in [6.07, 6.45) is 3.95. The number of aryl methyl sites for hydroxylation is 1. The lowest BCUT2D eigenvalue weighted by Crippen LogP contribution is -2.55. The molecule has 1 spiro atoms. The molecule has 4 heteroatoms. The molecule has 2 fully saturated rings. The number of hydrogen-bond acceptors (Lipinski definition) is 3. The standard InChI is InChI=1S/C18H25NO3/c1-2-3-15-4-6-16(7-5-15)17(20)19-10-13-22-18(14-19)8-11-21-12-9-18/h4-7H,2-3,8-14H2,1H3. The summed E-state index contributed by atoms with van der Waals surface area (Å²) in [6, 6.07) is 8.06. The average Bonchev–Trinajstić information content (AvgIpc) is 2.56. The normalized spacial score (nSPS) is 21.0. The van der Waals surface area contributed by atoms with E-state index in [1.807, 2.05) is 17.0 Å². The molecule has 0 aliphatic carbocycles. The van der Waals surface area contributed by atoms with Gasteiger partial charge in [-0.1, -0.05) is 25.5 Å². The SMILES string of the molecule is CCCc1ccc(C(=O)N2CCOC3(CCOCC3)C2)cc1. The van der Waals surface area contributed by atoms with Crippen LogP contribution in [0.25, 0.3) is 0 Å². The predicted molar refractivity (Wildman–Crippen MR) is 85.1 cm³/mol. The Balaban J connectivity index is 1.68. The molecule has 1 amide bonds. The number of ether oxygens (including phenoxy) is 2. The topological polar surface area (TPSA) is 38.8 Å². The minimum absolute atomic E-state index is 0.122. The van der Waals surface area contributed by atoms with Crippen LogP contribution in [0.4, 0.5) is 0 Å². The van der Waals surface area contributed by atoms with Crippen molar-refractivity contribution >= 4 is 5.91 Å². The summed E-state index contributed by atoms with van der Waals surface area (Å²) < 4.78 is 11.4. The van der Waals surface area contributed by atoms with E-state index in [4.69, 9.17) is 9.47 Å². The second-order valence-corrected chi connectivity index (χ2v) is 6.32. The Morgan fingerprint density at radius 3 is 2.59 bits per heavy atom. The van der Waals surface area contributed by atoms with Crippen LogP contribution in [0.5, 0.6) is 0 Å². The van der Waals surface area contributed by atoms with Crippen LogP contribution in [-0.2, 0) is 15.9 Å². The van der Waals surface area contributed by atoms with Crippen molar-refractivity contribution in [1.82, 2.24) is 4.90 Å². The Morgan fingerprint density at radius 2 is 1.91 bits per heavy atom. The van der Waals surface area contributed by atoms with Crippen molar-refractivity contribution in [1.29, 1.82) is 0 Å². The van der Waals surface area contributed by atoms with Crippen LogP contribution < -0.4 is 0 Å². The highest BCUT2D eigenvalue weighted by Crippen LogP contribution is 2.29. The van der Waals surface area contributed by atoms with Gasteiger partial charge in [0.2, 0.25) is 0 Å². The summed E-state index contributed by atoms with van der Waals surface area (Å²) in [4.78, 5) is 14.7. The van der Waals surface area contributed by atoms with Crippen molar-refractivity contribution in [3.63, 3.8) is 0 Å². The summed E-state index contributed by atoms with van der Waals surface area (Å²) >= 11 is 0. The molecule has 120 valence electrons. The van der Waals surface area contributed by atoms with Crippen LogP contribution in [0.15, 0.2) is 24.3 Å². The van der Waals surface area contributed by atoms with Crippen LogP contribution in [-0.4, -0.2) is 49.3 Å². The zero-order valence-electron chi connectivity index (χ0n) is 13.3. The minimum atomic E-state index is -0.186. The molecule has 3 rings (SSSR count). The van der Waals surface area contributed by atoms with E-state index < -0.39 is 0 Å². The lowest BCUT2D eigenvalue weighted by Gasteiger charge is -2.44. The molecule has 0 bridgehead atoms. The number of hydrogen-bond donors (Lipinski definition) is 0. The molecule has 2 aliphatic heterocycles. The highest BCUT2D eigenvalue weighted by Gasteiger charge is 2.39. The first-order chi connectivity index (χ1) is 10.7. The van der Waals surface area contributed by atoms with Gasteiger partial charge in [0.15, 0.2) is 0 Å². The van der Waals surface area contributed by atoms with Gasteiger partial charge in [0, 0.05) is 38.2 Å². The number of carbonyl (C=O) groups excluding carboxylic acids is 1. The number of nitrogens with zero attached hydrogens (tertiary/aromatic N) is 1. The molecule has 4 nitrogen and oxygen atoms in total. The van der Waals surface area contributed by atoms with Gasteiger partial charge in [-0.3, -0.25) is 4.79 Å². The molecule has 1 aromatic rings. The number of morpholine rings is 1. The van der Waals surface area contributed by atoms with Crippen LogP contribution in [0.2, 0.25) is 0 Å². The van der Waals surface area contributed by atoms with Crippen LogP contribution >= 0.6 is 0 Å². The van der Waals surface area contributed by atoms with E-state index in [1.165, 1.54) is 5.56 Å². The third kappa shape index (κ3) is 3.33. The van der Waals surface area contributed by atoms with Gasteiger partial charge < -0.3 is 14.4 Å². The number of rotatable bonds is 3. The van der Waals surface area contributed by atoms with Crippen LogP contribution in [0, 0.1) is 0 Å². The fourth-order valence-corrected chi connectivity index (χ4v) is 3.35. The first-order valence-corrected chi connectivity index (χ1v) is 8.32. The number of amides is 1. The van der Waals surface area contributed by atoms with Crippen LogP contribution in [0.3, 0.4) is 0 Å². The van der Waals surface area contributed by atoms with E-state index in [0.29, 0.717) is 19.7 Å².